The highest BCUT2D eigenvalue weighted by Gasteiger charge is 2.45. The minimum absolute atomic E-state index is 0.0193. The van der Waals surface area contributed by atoms with Crippen molar-refractivity contribution in [2.75, 3.05) is 20.7 Å². The van der Waals surface area contributed by atoms with Crippen molar-refractivity contribution < 1.29 is 23.9 Å². The number of methoxy groups -OCH3 is 1. The fraction of sp³-hybridized carbons (Fsp3) is 0.238. The lowest BCUT2D eigenvalue weighted by Crippen LogP contribution is -2.41. The molecule has 0 radical (unpaired) electrons. The third-order valence-electron chi connectivity index (χ3n) is 4.59. The molecule has 8 nitrogen and oxygen atoms in total. The SMILES string of the molecule is COc1cccc(CN(C)C(=O)CN2C(=O)C(=O)N(Cc3ccccc3)C2=O)c1. The number of hydrogen-bond acceptors (Lipinski definition) is 5. The molecule has 0 aliphatic carbocycles. The number of carbonyl (C=O) groups excluding carboxylic acids is 4. The number of ether oxygens (including phenoxy) is 1. The number of rotatable bonds is 7. The predicted molar refractivity (Wildman–Crippen MR) is 104 cm³/mol. The minimum atomic E-state index is -0.992. The molecule has 0 aromatic heterocycles. The number of nitrogens with zero attached hydrogens (tertiary/aromatic N) is 3. The first kappa shape index (κ1) is 20.1. The van der Waals surface area contributed by atoms with E-state index in [1.807, 2.05) is 12.1 Å². The summed E-state index contributed by atoms with van der Waals surface area (Å²) in [6.07, 6.45) is 0. The Morgan fingerprint density at radius 1 is 0.931 bits per heavy atom. The highest BCUT2D eigenvalue weighted by molar-refractivity contribution is 6.44. The zero-order chi connectivity index (χ0) is 21.0. The van der Waals surface area contributed by atoms with Crippen molar-refractivity contribution in [2.24, 2.45) is 0 Å². The lowest BCUT2D eigenvalue weighted by Gasteiger charge is -2.21. The highest BCUT2D eigenvalue weighted by atomic mass is 16.5. The maximum atomic E-state index is 12.6. The number of hydrogen-bond donors (Lipinski definition) is 0. The maximum Gasteiger partial charge on any atom is 0.335 e. The average molecular weight is 395 g/mol. The van der Waals surface area contributed by atoms with Crippen molar-refractivity contribution in [3.63, 3.8) is 0 Å². The van der Waals surface area contributed by atoms with Crippen LogP contribution in [0.3, 0.4) is 0 Å². The number of imide groups is 2. The molecule has 1 aliphatic rings. The van der Waals surface area contributed by atoms with Crippen LogP contribution in [0.5, 0.6) is 5.75 Å². The van der Waals surface area contributed by atoms with Gasteiger partial charge in [-0.25, -0.2) is 9.69 Å². The molecule has 2 aromatic carbocycles. The summed E-state index contributed by atoms with van der Waals surface area (Å²) in [6, 6.07) is 15.3. The summed E-state index contributed by atoms with van der Waals surface area (Å²) in [6.45, 7) is -0.238. The molecule has 0 N–H and O–H groups in total. The molecule has 0 spiro atoms. The van der Waals surface area contributed by atoms with Gasteiger partial charge in [-0.05, 0) is 23.3 Å². The van der Waals surface area contributed by atoms with E-state index in [0.717, 1.165) is 10.5 Å². The summed E-state index contributed by atoms with van der Waals surface area (Å²) in [4.78, 5) is 52.5. The smallest absolute Gasteiger partial charge is 0.335 e. The fourth-order valence-corrected chi connectivity index (χ4v) is 2.98. The molecular weight excluding hydrogens is 374 g/mol. The van der Waals surface area contributed by atoms with Gasteiger partial charge in [0.2, 0.25) is 5.91 Å². The van der Waals surface area contributed by atoms with E-state index in [-0.39, 0.29) is 13.1 Å². The van der Waals surface area contributed by atoms with Crippen LogP contribution in [0.4, 0.5) is 4.79 Å². The Labute approximate surface area is 168 Å². The summed E-state index contributed by atoms with van der Waals surface area (Å²) in [5, 5.41) is 0. The second-order valence-corrected chi connectivity index (χ2v) is 6.65. The molecule has 0 atom stereocenters. The Morgan fingerprint density at radius 2 is 1.59 bits per heavy atom. The van der Waals surface area contributed by atoms with Crippen LogP contribution in [0.1, 0.15) is 11.1 Å². The van der Waals surface area contributed by atoms with Gasteiger partial charge in [0.25, 0.3) is 0 Å². The normalized spacial score (nSPS) is 13.8. The summed E-state index contributed by atoms with van der Waals surface area (Å²) in [5.74, 6) is -1.71. The van der Waals surface area contributed by atoms with Gasteiger partial charge in [0.05, 0.1) is 13.7 Å². The van der Waals surface area contributed by atoms with Crippen molar-refractivity contribution in [3.8, 4) is 5.75 Å². The van der Waals surface area contributed by atoms with Crippen molar-refractivity contribution in [1.29, 1.82) is 0 Å². The largest absolute Gasteiger partial charge is 0.497 e. The van der Waals surface area contributed by atoms with Crippen molar-refractivity contribution in [3.05, 3.63) is 65.7 Å². The molecule has 1 fully saturated rings. The number of benzene rings is 2. The summed E-state index contributed by atoms with van der Waals surface area (Å²) in [7, 11) is 3.12. The van der Waals surface area contributed by atoms with E-state index >= 15 is 0 Å². The van der Waals surface area contributed by atoms with Gasteiger partial charge < -0.3 is 9.64 Å². The number of amides is 5. The molecule has 1 heterocycles. The Kier molecular flexibility index (Phi) is 5.92. The third-order valence-corrected chi connectivity index (χ3v) is 4.59. The van der Waals surface area contributed by atoms with E-state index in [0.29, 0.717) is 16.2 Å². The van der Waals surface area contributed by atoms with Crippen molar-refractivity contribution in [2.45, 2.75) is 13.1 Å². The highest BCUT2D eigenvalue weighted by Crippen LogP contribution is 2.17. The summed E-state index contributed by atoms with van der Waals surface area (Å²) in [5.41, 5.74) is 1.55. The third kappa shape index (κ3) is 4.43. The molecule has 8 heteroatoms. The lowest BCUT2D eigenvalue weighted by atomic mass is 10.2. The second-order valence-electron chi connectivity index (χ2n) is 6.65. The van der Waals surface area contributed by atoms with Crippen LogP contribution in [0.15, 0.2) is 54.6 Å². The van der Waals surface area contributed by atoms with Crippen LogP contribution >= 0.6 is 0 Å². The summed E-state index contributed by atoms with van der Waals surface area (Å²) >= 11 is 0. The van der Waals surface area contributed by atoms with Crippen LogP contribution < -0.4 is 4.74 Å². The first-order valence-corrected chi connectivity index (χ1v) is 8.99. The van der Waals surface area contributed by atoms with Crippen LogP contribution in [0.2, 0.25) is 0 Å². The quantitative estimate of drug-likeness (QED) is 0.525. The van der Waals surface area contributed by atoms with Gasteiger partial charge in [0.1, 0.15) is 12.3 Å². The lowest BCUT2D eigenvalue weighted by molar-refractivity contribution is -0.145. The van der Waals surface area contributed by atoms with Gasteiger partial charge in [-0.2, -0.15) is 0 Å². The van der Waals surface area contributed by atoms with E-state index in [1.54, 1.807) is 56.6 Å². The molecule has 29 heavy (non-hydrogen) atoms. The molecule has 1 saturated heterocycles. The first-order valence-electron chi connectivity index (χ1n) is 8.99. The van der Waals surface area contributed by atoms with Crippen LogP contribution in [0, 0.1) is 0 Å². The van der Waals surface area contributed by atoms with Crippen molar-refractivity contribution >= 4 is 23.8 Å². The number of urea groups is 1. The van der Waals surface area contributed by atoms with Gasteiger partial charge in [0, 0.05) is 13.6 Å². The molecular formula is C21H21N3O5. The Bertz CT molecular complexity index is 944. The molecule has 3 rings (SSSR count). The van der Waals surface area contributed by atoms with Crippen LogP contribution in [-0.2, 0) is 27.5 Å². The van der Waals surface area contributed by atoms with Gasteiger partial charge >= 0.3 is 17.8 Å². The van der Waals surface area contributed by atoms with E-state index in [9.17, 15) is 19.2 Å². The zero-order valence-electron chi connectivity index (χ0n) is 16.2. The van der Waals surface area contributed by atoms with Gasteiger partial charge in [-0.15, -0.1) is 0 Å². The van der Waals surface area contributed by atoms with E-state index in [1.165, 1.54) is 4.90 Å². The standard InChI is InChI=1S/C21H21N3O5/c1-22(12-16-9-6-10-17(11-16)29-2)18(25)14-24-20(27)19(26)23(21(24)28)13-15-7-4-3-5-8-15/h3-11H,12-14H2,1-2H3. The van der Waals surface area contributed by atoms with Gasteiger partial charge in [-0.1, -0.05) is 42.5 Å². The first-order chi connectivity index (χ1) is 13.9. The van der Waals surface area contributed by atoms with Crippen LogP contribution in [-0.4, -0.2) is 59.2 Å². The molecule has 0 saturated carbocycles. The Hall–Kier alpha value is -3.68. The number of carbonyl (C=O) groups is 4. The maximum absolute atomic E-state index is 12.6. The van der Waals surface area contributed by atoms with E-state index in [2.05, 4.69) is 0 Å². The van der Waals surface area contributed by atoms with E-state index < -0.39 is 30.3 Å². The predicted octanol–water partition coefficient (Wildman–Crippen LogP) is 1.64. The van der Waals surface area contributed by atoms with Crippen molar-refractivity contribution in [1.82, 2.24) is 14.7 Å². The number of likely N-dealkylation sites (N-methyl/N-ethyl adjacent to an activating group) is 1. The molecule has 2 aromatic rings. The Balaban J connectivity index is 1.65. The molecule has 1 aliphatic heterocycles. The average Bonchev–Trinajstić information content (AvgIpc) is 2.92. The Morgan fingerprint density at radius 3 is 2.28 bits per heavy atom. The zero-order valence-corrected chi connectivity index (χ0v) is 16.2. The summed E-state index contributed by atoms with van der Waals surface area (Å²) < 4.78 is 5.16. The molecule has 5 amide bonds. The van der Waals surface area contributed by atoms with Gasteiger partial charge in [0.15, 0.2) is 0 Å². The topological polar surface area (TPSA) is 87.2 Å². The minimum Gasteiger partial charge on any atom is -0.497 e. The molecule has 0 unspecified atom stereocenters. The monoisotopic (exact) mass is 395 g/mol. The molecule has 0 bridgehead atoms. The second kappa shape index (κ2) is 8.55. The molecule has 150 valence electrons. The van der Waals surface area contributed by atoms with E-state index in [4.69, 9.17) is 4.74 Å². The van der Waals surface area contributed by atoms with Gasteiger partial charge in [-0.3, -0.25) is 19.3 Å². The van der Waals surface area contributed by atoms with Crippen LogP contribution in [0.25, 0.3) is 0 Å². The fourth-order valence-electron chi connectivity index (χ4n) is 2.98.